The fourth-order valence-corrected chi connectivity index (χ4v) is 2.27. The van der Waals surface area contributed by atoms with Gasteiger partial charge in [-0.2, -0.15) is 0 Å². The van der Waals surface area contributed by atoms with Gasteiger partial charge in [0.25, 0.3) is 0 Å². The Kier molecular flexibility index (Phi) is 4.02. The molecule has 19 heavy (non-hydrogen) atoms. The predicted octanol–water partition coefficient (Wildman–Crippen LogP) is 3.32. The quantitative estimate of drug-likeness (QED) is 0.770. The molecule has 0 amide bonds. The summed E-state index contributed by atoms with van der Waals surface area (Å²) in [5.74, 6) is -1.76. The molecule has 0 saturated heterocycles. The van der Waals surface area contributed by atoms with Crippen molar-refractivity contribution in [2.24, 2.45) is 5.92 Å². The highest BCUT2D eigenvalue weighted by molar-refractivity contribution is 5.80. The van der Waals surface area contributed by atoms with Crippen LogP contribution in [0.5, 0.6) is 11.5 Å². The van der Waals surface area contributed by atoms with Gasteiger partial charge in [0.2, 0.25) is 5.92 Å². The average Bonchev–Trinajstić information content (AvgIpc) is 2.75. The molecular weight excluding hydrogens is 254 g/mol. The number of benzene rings is 1. The Morgan fingerprint density at radius 3 is 2.84 bits per heavy atom. The van der Waals surface area contributed by atoms with Gasteiger partial charge in [0.15, 0.2) is 6.29 Å². The zero-order chi connectivity index (χ0) is 13.9. The van der Waals surface area contributed by atoms with E-state index in [9.17, 15) is 13.6 Å². The second-order valence-corrected chi connectivity index (χ2v) is 4.80. The third-order valence-electron chi connectivity index (χ3n) is 3.32. The van der Waals surface area contributed by atoms with Gasteiger partial charge >= 0.3 is 0 Å². The molecule has 1 aliphatic carbocycles. The summed E-state index contributed by atoms with van der Waals surface area (Å²) in [4.78, 5) is 10.9. The van der Waals surface area contributed by atoms with Crippen molar-refractivity contribution in [3.8, 4) is 11.5 Å². The molecule has 1 fully saturated rings. The van der Waals surface area contributed by atoms with Crippen molar-refractivity contribution < 1.29 is 23.0 Å². The van der Waals surface area contributed by atoms with Gasteiger partial charge in [0.1, 0.15) is 11.5 Å². The van der Waals surface area contributed by atoms with Gasteiger partial charge in [-0.25, -0.2) is 8.78 Å². The molecule has 0 N–H and O–H groups in total. The lowest BCUT2D eigenvalue weighted by Crippen LogP contribution is -2.14. The van der Waals surface area contributed by atoms with E-state index in [0.29, 0.717) is 29.8 Å². The highest BCUT2D eigenvalue weighted by atomic mass is 19.3. The van der Waals surface area contributed by atoms with E-state index in [1.165, 1.54) is 7.11 Å². The number of carbonyl (C=O) groups is 1. The van der Waals surface area contributed by atoms with E-state index in [-0.39, 0.29) is 25.4 Å². The van der Waals surface area contributed by atoms with Crippen LogP contribution in [0.15, 0.2) is 18.2 Å². The third-order valence-corrected chi connectivity index (χ3v) is 3.32. The lowest BCUT2D eigenvalue weighted by atomic mass is 10.1. The molecule has 3 nitrogen and oxygen atoms in total. The summed E-state index contributed by atoms with van der Waals surface area (Å²) in [7, 11) is 1.51. The van der Waals surface area contributed by atoms with E-state index in [1.54, 1.807) is 18.2 Å². The number of carbonyl (C=O) groups excluding carboxylic acids is 1. The van der Waals surface area contributed by atoms with Crippen LogP contribution in [-0.4, -0.2) is 25.9 Å². The summed E-state index contributed by atoms with van der Waals surface area (Å²) in [6.45, 7) is 0.211. The van der Waals surface area contributed by atoms with Crippen molar-refractivity contribution in [3.05, 3.63) is 23.8 Å². The molecule has 0 aliphatic heterocycles. The standard InChI is InChI=1S/C14H16F2O3/c1-18-12-2-3-13(11(6-12)8-17)19-9-10-4-5-14(15,16)7-10/h2-3,6,8,10H,4-5,7,9H2,1H3. The number of methoxy groups -OCH3 is 1. The lowest BCUT2D eigenvalue weighted by Gasteiger charge is -2.14. The minimum atomic E-state index is -2.57. The van der Waals surface area contributed by atoms with Crippen molar-refractivity contribution in [2.75, 3.05) is 13.7 Å². The Balaban J connectivity index is 1.98. The molecule has 0 radical (unpaired) electrons. The van der Waals surface area contributed by atoms with Crippen molar-refractivity contribution in [3.63, 3.8) is 0 Å². The maximum atomic E-state index is 13.0. The number of halogens is 2. The van der Waals surface area contributed by atoms with E-state index >= 15 is 0 Å². The van der Waals surface area contributed by atoms with Gasteiger partial charge in [-0.15, -0.1) is 0 Å². The molecule has 104 valence electrons. The first-order valence-electron chi connectivity index (χ1n) is 6.18. The molecule has 0 bridgehead atoms. The van der Waals surface area contributed by atoms with Gasteiger partial charge in [-0.3, -0.25) is 4.79 Å². The Labute approximate surface area is 110 Å². The number of alkyl halides is 2. The van der Waals surface area contributed by atoms with Crippen LogP contribution in [0.25, 0.3) is 0 Å². The van der Waals surface area contributed by atoms with Crippen LogP contribution in [0.1, 0.15) is 29.6 Å². The molecule has 1 saturated carbocycles. The zero-order valence-corrected chi connectivity index (χ0v) is 10.7. The first-order chi connectivity index (χ1) is 9.04. The normalized spacial score (nSPS) is 21.1. The maximum Gasteiger partial charge on any atom is 0.248 e. The summed E-state index contributed by atoms with van der Waals surface area (Å²) in [5.41, 5.74) is 0.365. The summed E-state index contributed by atoms with van der Waals surface area (Å²) < 4.78 is 36.6. The third kappa shape index (κ3) is 3.43. The summed E-state index contributed by atoms with van der Waals surface area (Å²) in [5, 5.41) is 0. The molecule has 1 aliphatic rings. The zero-order valence-electron chi connectivity index (χ0n) is 10.7. The first kappa shape index (κ1) is 13.8. The topological polar surface area (TPSA) is 35.5 Å². The molecule has 1 aromatic rings. The SMILES string of the molecule is COc1ccc(OCC2CCC(F)(F)C2)c(C=O)c1. The van der Waals surface area contributed by atoms with E-state index in [2.05, 4.69) is 0 Å². The van der Waals surface area contributed by atoms with Gasteiger partial charge < -0.3 is 9.47 Å². The summed E-state index contributed by atoms with van der Waals surface area (Å²) in [6, 6.07) is 4.85. The summed E-state index contributed by atoms with van der Waals surface area (Å²) >= 11 is 0. The second-order valence-electron chi connectivity index (χ2n) is 4.80. The molecule has 1 unspecified atom stereocenters. The first-order valence-corrected chi connectivity index (χ1v) is 6.18. The molecule has 1 aromatic carbocycles. The van der Waals surface area contributed by atoms with Gasteiger partial charge in [-0.05, 0) is 30.5 Å². The molecular formula is C14H16F2O3. The van der Waals surface area contributed by atoms with Crippen LogP contribution in [0.3, 0.4) is 0 Å². The van der Waals surface area contributed by atoms with Crippen LogP contribution in [0.2, 0.25) is 0 Å². The maximum absolute atomic E-state index is 13.0. The number of hydrogen-bond donors (Lipinski definition) is 0. The van der Waals surface area contributed by atoms with Gasteiger partial charge in [0.05, 0.1) is 19.3 Å². The van der Waals surface area contributed by atoms with Crippen LogP contribution < -0.4 is 9.47 Å². The van der Waals surface area contributed by atoms with Crippen LogP contribution in [0, 0.1) is 5.92 Å². The number of hydrogen-bond acceptors (Lipinski definition) is 3. The van der Waals surface area contributed by atoms with Gasteiger partial charge in [0, 0.05) is 12.8 Å². The van der Waals surface area contributed by atoms with Crippen LogP contribution in [-0.2, 0) is 0 Å². The van der Waals surface area contributed by atoms with Crippen molar-refractivity contribution in [1.29, 1.82) is 0 Å². The Bertz CT molecular complexity index is 460. The van der Waals surface area contributed by atoms with Crippen LogP contribution in [0.4, 0.5) is 8.78 Å². The van der Waals surface area contributed by atoms with Crippen molar-refractivity contribution >= 4 is 6.29 Å². The fraction of sp³-hybridized carbons (Fsp3) is 0.500. The minimum absolute atomic E-state index is 0.0792. The molecule has 0 heterocycles. The molecule has 2 rings (SSSR count). The Morgan fingerprint density at radius 1 is 1.47 bits per heavy atom. The van der Waals surface area contributed by atoms with Crippen LogP contribution >= 0.6 is 0 Å². The number of ether oxygens (including phenoxy) is 2. The Hall–Kier alpha value is -1.65. The number of rotatable bonds is 5. The fourth-order valence-electron chi connectivity index (χ4n) is 2.27. The monoisotopic (exact) mass is 270 g/mol. The summed E-state index contributed by atoms with van der Waals surface area (Å²) in [6.07, 6.45) is 0.907. The van der Waals surface area contributed by atoms with Crippen molar-refractivity contribution in [2.45, 2.75) is 25.2 Å². The number of aldehydes is 1. The predicted molar refractivity (Wildman–Crippen MR) is 66.2 cm³/mol. The Morgan fingerprint density at radius 2 is 2.26 bits per heavy atom. The minimum Gasteiger partial charge on any atom is -0.497 e. The highest BCUT2D eigenvalue weighted by Crippen LogP contribution is 2.39. The highest BCUT2D eigenvalue weighted by Gasteiger charge is 2.39. The van der Waals surface area contributed by atoms with E-state index < -0.39 is 5.92 Å². The molecule has 0 spiro atoms. The largest absolute Gasteiger partial charge is 0.497 e. The van der Waals surface area contributed by atoms with E-state index in [4.69, 9.17) is 9.47 Å². The van der Waals surface area contributed by atoms with Crippen molar-refractivity contribution in [1.82, 2.24) is 0 Å². The molecule has 5 heteroatoms. The van der Waals surface area contributed by atoms with E-state index in [0.717, 1.165) is 0 Å². The second kappa shape index (κ2) is 5.55. The smallest absolute Gasteiger partial charge is 0.248 e. The average molecular weight is 270 g/mol. The molecule has 1 atom stereocenters. The van der Waals surface area contributed by atoms with Gasteiger partial charge in [-0.1, -0.05) is 0 Å². The van der Waals surface area contributed by atoms with E-state index in [1.807, 2.05) is 0 Å². The lowest BCUT2D eigenvalue weighted by molar-refractivity contribution is 0.00289. The molecule has 0 aromatic heterocycles.